The molecule has 0 aliphatic heterocycles. The molecule has 2 bridgehead atoms. The SMILES string of the molecule is C=CCC1(CO)C2CCC1CC2. The Bertz CT molecular complexity index is 165. The van der Waals surface area contributed by atoms with Crippen LogP contribution in [0.2, 0.25) is 0 Å². The molecule has 1 heteroatoms. The van der Waals surface area contributed by atoms with Gasteiger partial charge >= 0.3 is 0 Å². The van der Waals surface area contributed by atoms with Gasteiger partial charge in [-0.3, -0.25) is 0 Å². The van der Waals surface area contributed by atoms with Gasteiger partial charge in [-0.2, -0.15) is 0 Å². The zero-order chi connectivity index (χ0) is 8.60. The standard InChI is InChI=1S/C11H18O/c1-2-7-11(8-12)9-3-4-10(11)6-5-9/h2,9-10,12H,1,3-8H2. The summed E-state index contributed by atoms with van der Waals surface area (Å²) in [6.07, 6.45) is 8.40. The normalized spacial score (nSPS) is 45.1. The molecule has 0 saturated heterocycles. The minimum absolute atomic E-state index is 0.252. The second-order valence-corrected chi connectivity index (χ2v) is 4.43. The number of rotatable bonds is 3. The summed E-state index contributed by atoms with van der Waals surface area (Å²) in [5, 5.41) is 9.48. The second kappa shape index (κ2) is 2.88. The Morgan fingerprint density at radius 2 is 1.75 bits per heavy atom. The maximum Gasteiger partial charge on any atom is 0.0495 e. The maximum atomic E-state index is 9.48. The van der Waals surface area contributed by atoms with E-state index in [1.807, 2.05) is 6.08 Å². The molecule has 0 heterocycles. The summed E-state index contributed by atoms with van der Waals surface area (Å²) in [5.74, 6) is 1.59. The highest BCUT2D eigenvalue weighted by Gasteiger charge is 2.52. The zero-order valence-electron chi connectivity index (χ0n) is 7.63. The number of fused-ring (bicyclic) bond motifs is 2. The Morgan fingerprint density at radius 3 is 2.08 bits per heavy atom. The van der Waals surface area contributed by atoms with Gasteiger partial charge in [0.15, 0.2) is 0 Å². The van der Waals surface area contributed by atoms with Crippen LogP contribution in [-0.4, -0.2) is 11.7 Å². The fraction of sp³-hybridized carbons (Fsp3) is 0.818. The van der Waals surface area contributed by atoms with Crippen molar-refractivity contribution in [3.63, 3.8) is 0 Å². The number of hydrogen-bond donors (Lipinski definition) is 1. The molecule has 1 N–H and O–H groups in total. The lowest BCUT2D eigenvalue weighted by Gasteiger charge is -2.31. The predicted molar refractivity (Wildman–Crippen MR) is 49.8 cm³/mol. The first kappa shape index (κ1) is 8.31. The van der Waals surface area contributed by atoms with Crippen LogP contribution in [0.25, 0.3) is 0 Å². The van der Waals surface area contributed by atoms with Gasteiger partial charge in [0.05, 0.1) is 0 Å². The lowest BCUT2D eigenvalue weighted by Crippen LogP contribution is -2.29. The van der Waals surface area contributed by atoms with Gasteiger partial charge in [-0.15, -0.1) is 6.58 Å². The molecule has 2 saturated carbocycles. The van der Waals surface area contributed by atoms with Gasteiger partial charge in [0.1, 0.15) is 0 Å². The summed E-state index contributed by atoms with van der Waals surface area (Å²) >= 11 is 0. The van der Waals surface area contributed by atoms with Gasteiger partial charge < -0.3 is 5.11 Å². The summed E-state index contributed by atoms with van der Waals surface area (Å²) in [6.45, 7) is 4.19. The Morgan fingerprint density at radius 1 is 1.25 bits per heavy atom. The summed E-state index contributed by atoms with van der Waals surface area (Å²) in [7, 11) is 0. The third-order valence-electron chi connectivity index (χ3n) is 4.17. The largest absolute Gasteiger partial charge is 0.396 e. The van der Waals surface area contributed by atoms with Gasteiger partial charge in [-0.1, -0.05) is 6.08 Å². The first-order valence-electron chi connectivity index (χ1n) is 5.05. The summed E-state index contributed by atoms with van der Waals surface area (Å²) in [6, 6.07) is 0. The molecule has 0 atom stereocenters. The minimum Gasteiger partial charge on any atom is -0.396 e. The molecule has 68 valence electrons. The van der Waals surface area contributed by atoms with Crippen molar-refractivity contribution < 1.29 is 5.11 Å². The number of aliphatic hydroxyl groups excluding tert-OH is 1. The van der Waals surface area contributed by atoms with Crippen LogP contribution in [-0.2, 0) is 0 Å². The van der Waals surface area contributed by atoms with Crippen LogP contribution in [0.4, 0.5) is 0 Å². The van der Waals surface area contributed by atoms with Crippen LogP contribution in [0, 0.1) is 17.3 Å². The van der Waals surface area contributed by atoms with Crippen LogP contribution in [0.1, 0.15) is 32.1 Å². The highest BCUT2D eigenvalue weighted by molar-refractivity contribution is 5.05. The van der Waals surface area contributed by atoms with Gasteiger partial charge in [0.2, 0.25) is 0 Å². The molecule has 0 unspecified atom stereocenters. The quantitative estimate of drug-likeness (QED) is 0.638. The van der Waals surface area contributed by atoms with Crippen molar-refractivity contribution in [2.45, 2.75) is 32.1 Å². The first-order valence-corrected chi connectivity index (χ1v) is 5.05. The van der Waals surface area contributed by atoms with Gasteiger partial charge in [0.25, 0.3) is 0 Å². The molecule has 0 aromatic carbocycles. The lowest BCUT2D eigenvalue weighted by atomic mass is 9.75. The molecule has 0 aromatic rings. The van der Waals surface area contributed by atoms with Crippen molar-refractivity contribution in [1.82, 2.24) is 0 Å². The van der Waals surface area contributed by atoms with E-state index in [4.69, 9.17) is 0 Å². The highest BCUT2D eigenvalue weighted by Crippen LogP contribution is 2.59. The molecule has 2 fully saturated rings. The summed E-state index contributed by atoms with van der Waals surface area (Å²) < 4.78 is 0. The van der Waals surface area contributed by atoms with Crippen LogP contribution in [0.3, 0.4) is 0 Å². The fourth-order valence-electron chi connectivity index (χ4n) is 3.50. The number of hydrogen-bond acceptors (Lipinski definition) is 1. The maximum absolute atomic E-state index is 9.48. The van der Waals surface area contributed by atoms with E-state index in [9.17, 15) is 5.11 Å². The van der Waals surface area contributed by atoms with E-state index in [1.54, 1.807) is 0 Å². The van der Waals surface area contributed by atoms with E-state index in [1.165, 1.54) is 25.7 Å². The monoisotopic (exact) mass is 166 g/mol. The summed E-state index contributed by atoms with van der Waals surface area (Å²) in [5.41, 5.74) is 0.252. The molecule has 0 radical (unpaired) electrons. The molecular weight excluding hydrogens is 148 g/mol. The number of aliphatic hydroxyl groups is 1. The third-order valence-corrected chi connectivity index (χ3v) is 4.17. The minimum atomic E-state index is 0.252. The van der Waals surface area contributed by atoms with Crippen molar-refractivity contribution in [2.24, 2.45) is 17.3 Å². The molecule has 0 spiro atoms. The first-order chi connectivity index (χ1) is 5.83. The molecule has 2 aliphatic carbocycles. The number of allylic oxidation sites excluding steroid dienone is 1. The molecule has 2 aliphatic rings. The second-order valence-electron chi connectivity index (χ2n) is 4.43. The molecule has 0 amide bonds. The van der Waals surface area contributed by atoms with Crippen molar-refractivity contribution >= 4 is 0 Å². The van der Waals surface area contributed by atoms with Crippen LogP contribution >= 0.6 is 0 Å². The fourth-order valence-corrected chi connectivity index (χ4v) is 3.50. The van der Waals surface area contributed by atoms with Crippen molar-refractivity contribution in [1.29, 1.82) is 0 Å². The van der Waals surface area contributed by atoms with Crippen molar-refractivity contribution in [2.75, 3.05) is 6.61 Å². The van der Waals surface area contributed by atoms with Crippen LogP contribution in [0.5, 0.6) is 0 Å². The average Bonchev–Trinajstić information content (AvgIpc) is 2.62. The van der Waals surface area contributed by atoms with Crippen molar-refractivity contribution in [3.05, 3.63) is 12.7 Å². The lowest BCUT2D eigenvalue weighted by molar-refractivity contribution is 0.0803. The molecule has 0 aromatic heterocycles. The van der Waals surface area contributed by atoms with Crippen LogP contribution < -0.4 is 0 Å². The predicted octanol–water partition coefficient (Wildman–Crippen LogP) is 2.36. The average molecular weight is 166 g/mol. The van der Waals surface area contributed by atoms with Gasteiger partial charge in [-0.05, 0) is 43.9 Å². The summed E-state index contributed by atoms with van der Waals surface area (Å²) in [4.78, 5) is 0. The van der Waals surface area contributed by atoms with E-state index >= 15 is 0 Å². The topological polar surface area (TPSA) is 20.2 Å². The Labute approximate surface area is 74.5 Å². The Kier molecular flexibility index (Phi) is 1.99. The van der Waals surface area contributed by atoms with Crippen LogP contribution in [0.15, 0.2) is 12.7 Å². The van der Waals surface area contributed by atoms with E-state index in [2.05, 4.69) is 6.58 Å². The van der Waals surface area contributed by atoms with Crippen molar-refractivity contribution in [3.8, 4) is 0 Å². The van der Waals surface area contributed by atoms with E-state index < -0.39 is 0 Å². The smallest absolute Gasteiger partial charge is 0.0495 e. The van der Waals surface area contributed by atoms with E-state index in [0.717, 1.165) is 18.3 Å². The molecule has 12 heavy (non-hydrogen) atoms. The molecular formula is C11H18O. The molecule has 1 nitrogen and oxygen atoms in total. The van der Waals surface area contributed by atoms with Gasteiger partial charge in [0, 0.05) is 12.0 Å². The zero-order valence-corrected chi connectivity index (χ0v) is 7.63. The van der Waals surface area contributed by atoms with E-state index in [-0.39, 0.29) is 5.41 Å². The molecule has 2 rings (SSSR count). The van der Waals surface area contributed by atoms with Gasteiger partial charge in [-0.25, -0.2) is 0 Å². The third kappa shape index (κ3) is 0.891. The Balaban J connectivity index is 2.21. The Hall–Kier alpha value is -0.300. The van der Waals surface area contributed by atoms with E-state index in [0.29, 0.717) is 6.61 Å². The highest BCUT2D eigenvalue weighted by atomic mass is 16.3.